The molecular formula is C14H21ClNO2+. The Hall–Kier alpha value is -0.930. The molecule has 0 aromatic heterocycles. The van der Waals surface area contributed by atoms with E-state index in [4.69, 9.17) is 21.1 Å². The van der Waals surface area contributed by atoms with Gasteiger partial charge in [0.05, 0.1) is 25.8 Å². The number of ether oxygens (including phenoxy) is 2. The van der Waals surface area contributed by atoms with Crippen molar-refractivity contribution in [2.75, 3.05) is 20.8 Å². The number of nitrogens with two attached hydrogens (primary N) is 1. The Balaban J connectivity index is 2.29. The Morgan fingerprint density at radius 1 is 1.17 bits per heavy atom. The summed E-state index contributed by atoms with van der Waals surface area (Å²) in [6.07, 6.45) is 5.12. The summed E-state index contributed by atoms with van der Waals surface area (Å²) in [7, 11) is 3.26. The molecule has 0 spiro atoms. The molecule has 100 valence electrons. The molecule has 1 aromatic carbocycles. The molecule has 1 atom stereocenters. The van der Waals surface area contributed by atoms with Crippen molar-refractivity contribution in [1.82, 2.24) is 0 Å². The van der Waals surface area contributed by atoms with Crippen LogP contribution in [0.4, 0.5) is 0 Å². The highest BCUT2D eigenvalue weighted by Crippen LogP contribution is 2.37. The van der Waals surface area contributed by atoms with E-state index in [1.807, 2.05) is 6.07 Å². The van der Waals surface area contributed by atoms with E-state index in [1.54, 1.807) is 14.2 Å². The molecule has 1 aromatic rings. The first kappa shape index (κ1) is 13.5. The average Bonchev–Trinajstić information content (AvgIpc) is 2.66. The third kappa shape index (κ3) is 2.90. The summed E-state index contributed by atoms with van der Waals surface area (Å²) >= 11 is 6.25. The van der Waals surface area contributed by atoms with E-state index in [1.165, 1.54) is 37.8 Å². The fraction of sp³-hybridized carbons (Fsp3) is 0.571. The molecule has 0 radical (unpaired) electrons. The lowest BCUT2D eigenvalue weighted by molar-refractivity contribution is -0.694. The Bertz CT molecular complexity index is 401. The van der Waals surface area contributed by atoms with Crippen LogP contribution in [0.15, 0.2) is 12.1 Å². The minimum absolute atomic E-state index is 0.491. The van der Waals surface area contributed by atoms with Crippen molar-refractivity contribution in [2.45, 2.75) is 31.7 Å². The number of benzene rings is 1. The standard InChI is InChI=1S/C14H20ClNO2/c1-17-13-9-10(8-11(15)14(13)18-2)12-6-4-3-5-7-16-12/h8-9,12,16H,3-7H2,1-2H3/p+1/t12-/m1/s1. The van der Waals surface area contributed by atoms with Crippen LogP contribution in [-0.4, -0.2) is 20.8 Å². The molecular weight excluding hydrogens is 250 g/mol. The van der Waals surface area contributed by atoms with E-state index in [0.717, 1.165) is 5.75 Å². The minimum Gasteiger partial charge on any atom is -0.493 e. The van der Waals surface area contributed by atoms with Crippen LogP contribution in [0.2, 0.25) is 5.02 Å². The molecule has 0 unspecified atom stereocenters. The molecule has 0 bridgehead atoms. The van der Waals surface area contributed by atoms with Gasteiger partial charge in [-0.15, -0.1) is 0 Å². The Kier molecular flexibility index (Phi) is 4.72. The predicted molar refractivity (Wildman–Crippen MR) is 72.6 cm³/mol. The van der Waals surface area contributed by atoms with Crippen molar-refractivity contribution in [3.8, 4) is 11.5 Å². The second-order valence-electron chi connectivity index (χ2n) is 4.72. The lowest BCUT2D eigenvalue weighted by Crippen LogP contribution is -2.84. The number of methoxy groups -OCH3 is 2. The van der Waals surface area contributed by atoms with E-state index in [0.29, 0.717) is 16.8 Å². The molecule has 1 aliphatic heterocycles. The second kappa shape index (κ2) is 6.30. The predicted octanol–water partition coefficient (Wildman–Crippen LogP) is 2.54. The Morgan fingerprint density at radius 3 is 2.72 bits per heavy atom. The molecule has 1 heterocycles. The summed E-state index contributed by atoms with van der Waals surface area (Å²) in [5.41, 5.74) is 1.24. The topological polar surface area (TPSA) is 35.1 Å². The van der Waals surface area contributed by atoms with Gasteiger partial charge in [0.25, 0.3) is 0 Å². The van der Waals surface area contributed by atoms with Gasteiger partial charge in [-0.2, -0.15) is 0 Å². The van der Waals surface area contributed by atoms with Gasteiger partial charge in [0.15, 0.2) is 11.5 Å². The minimum atomic E-state index is 0.491. The van der Waals surface area contributed by atoms with Gasteiger partial charge >= 0.3 is 0 Å². The monoisotopic (exact) mass is 270 g/mol. The summed E-state index contributed by atoms with van der Waals surface area (Å²) in [5, 5.41) is 3.04. The summed E-state index contributed by atoms with van der Waals surface area (Å²) < 4.78 is 10.6. The number of hydrogen-bond acceptors (Lipinski definition) is 2. The van der Waals surface area contributed by atoms with Crippen LogP contribution in [0.5, 0.6) is 11.5 Å². The fourth-order valence-electron chi connectivity index (χ4n) is 2.58. The van der Waals surface area contributed by atoms with Gasteiger partial charge in [0.1, 0.15) is 6.04 Å². The third-order valence-corrected chi connectivity index (χ3v) is 3.84. The van der Waals surface area contributed by atoms with Gasteiger partial charge in [-0.3, -0.25) is 0 Å². The molecule has 1 fully saturated rings. The highest BCUT2D eigenvalue weighted by Gasteiger charge is 2.21. The van der Waals surface area contributed by atoms with Crippen LogP contribution < -0.4 is 14.8 Å². The number of halogens is 1. The maximum Gasteiger partial charge on any atom is 0.179 e. The quantitative estimate of drug-likeness (QED) is 0.916. The van der Waals surface area contributed by atoms with Crippen LogP contribution >= 0.6 is 11.6 Å². The van der Waals surface area contributed by atoms with Crippen LogP contribution in [-0.2, 0) is 0 Å². The van der Waals surface area contributed by atoms with Crippen LogP contribution in [0.1, 0.15) is 37.3 Å². The molecule has 18 heavy (non-hydrogen) atoms. The summed E-state index contributed by atoms with van der Waals surface area (Å²) in [4.78, 5) is 0. The van der Waals surface area contributed by atoms with E-state index in [9.17, 15) is 0 Å². The van der Waals surface area contributed by atoms with Crippen molar-refractivity contribution in [1.29, 1.82) is 0 Å². The molecule has 0 amide bonds. The van der Waals surface area contributed by atoms with Crippen molar-refractivity contribution in [2.24, 2.45) is 0 Å². The number of quaternary nitrogens is 1. The third-order valence-electron chi connectivity index (χ3n) is 3.55. The average molecular weight is 271 g/mol. The molecule has 2 rings (SSSR count). The number of rotatable bonds is 3. The highest BCUT2D eigenvalue weighted by atomic mass is 35.5. The maximum atomic E-state index is 6.25. The Morgan fingerprint density at radius 2 is 2.00 bits per heavy atom. The van der Waals surface area contributed by atoms with E-state index >= 15 is 0 Å². The van der Waals surface area contributed by atoms with E-state index in [-0.39, 0.29) is 0 Å². The van der Waals surface area contributed by atoms with Crippen molar-refractivity contribution in [3.05, 3.63) is 22.7 Å². The van der Waals surface area contributed by atoms with Gasteiger partial charge in [-0.05, 0) is 31.4 Å². The van der Waals surface area contributed by atoms with Crippen molar-refractivity contribution < 1.29 is 14.8 Å². The summed E-state index contributed by atoms with van der Waals surface area (Å²) in [6.45, 7) is 1.19. The number of hydrogen-bond donors (Lipinski definition) is 1. The van der Waals surface area contributed by atoms with Gasteiger partial charge in [0.2, 0.25) is 0 Å². The first-order valence-electron chi connectivity index (χ1n) is 6.51. The smallest absolute Gasteiger partial charge is 0.179 e. The normalized spacial score (nSPS) is 20.3. The molecule has 0 aliphatic carbocycles. The molecule has 1 saturated heterocycles. The van der Waals surface area contributed by atoms with E-state index in [2.05, 4.69) is 11.4 Å². The largest absolute Gasteiger partial charge is 0.493 e. The summed E-state index contributed by atoms with van der Waals surface area (Å²) in [6, 6.07) is 4.55. The van der Waals surface area contributed by atoms with Crippen LogP contribution in [0.25, 0.3) is 0 Å². The van der Waals surface area contributed by atoms with Gasteiger partial charge in [0, 0.05) is 12.0 Å². The van der Waals surface area contributed by atoms with Crippen LogP contribution in [0, 0.1) is 0 Å². The van der Waals surface area contributed by atoms with E-state index < -0.39 is 0 Å². The van der Waals surface area contributed by atoms with Gasteiger partial charge in [-0.1, -0.05) is 11.6 Å². The van der Waals surface area contributed by atoms with Crippen molar-refractivity contribution >= 4 is 11.6 Å². The van der Waals surface area contributed by atoms with Crippen LogP contribution in [0.3, 0.4) is 0 Å². The zero-order chi connectivity index (χ0) is 13.0. The zero-order valence-corrected chi connectivity index (χ0v) is 11.8. The molecule has 4 heteroatoms. The summed E-state index contributed by atoms with van der Waals surface area (Å²) in [5.74, 6) is 1.34. The SMILES string of the molecule is COc1cc([C@H]2CCCCC[NH2+]2)cc(Cl)c1OC. The second-order valence-corrected chi connectivity index (χ2v) is 5.13. The maximum absolute atomic E-state index is 6.25. The van der Waals surface area contributed by atoms with Gasteiger partial charge in [-0.25, -0.2) is 0 Å². The fourth-order valence-corrected chi connectivity index (χ4v) is 2.87. The zero-order valence-electron chi connectivity index (χ0n) is 11.0. The first-order chi connectivity index (χ1) is 8.76. The first-order valence-corrected chi connectivity index (χ1v) is 6.88. The molecule has 3 nitrogen and oxygen atoms in total. The highest BCUT2D eigenvalue weighted by molar-refractivity contribution is 6.32. The lowest BCUT2D eigenvalue weighted by Gasteiger charge is -2.16. The Labute approximate surface area is 113 Å². The molecule has 0 saturated carbocycles. The van der Waals surface area contributed by atoms with Crippen molar-refractivity contribution in [3.63, 3.8) is 0 Å². The molecule has 2 N–H and O–H groups in total. The van der Waals surface area contributed by atoms with Gasteiger partial charge < -0.3 is 14.8 Å². The lowest BCUT2D eigenvalue weighted by atomic mass is 10.0. The molecule has 1 aliphatic rings.